The van der Waals surface area contributed by atoms with Crippen LogP contribution in [0.15, 0.2) is 23.2 Å². The molecule has 0 aromatic heterocycles. The highest BCUT2D eigenvalue weighted by Crippen LogP contribution is 2.43. The Morgan fingerprint density at radius 2 is 2.03 bits per heavy atom. The van der Waals surface area contributed by atoms with Gasteiger partial charge in [0.15, 0.2) is 0 Å². The van der Waals surface area contributed by atoms with Crippen molar-refractivity contribution in [3.05, 3.63) is 28.8 Å². The van der Waals surface area contributed by atoms with Gasteiger partial charge in [0, 0.05) is 36.0 Å². The number of amides is 3. The summed E-state index contributed by atoms with van der Waals surface area (Å²) in [5, 5.41) is 1.57. The lowest BCUT2D eigenvalue weighted by molar-refractivity contribution is 0.0693. The van der Waals surface area contributed by atoms with Gasteiger partial charge in [0.2, 0.25) is 0 Å². The molecule has 3 amide bonds. The Hall–Kier alpha value is -1.27. The van der Waals surface area contributed by atoms with E-state index in [0.717, 1.165) is 22.8 Å². The van der Waals surface area contributed by atoms with Crippen molar-refractivity contribution < 1.29 is 14.4 Å². The summed E-state index contributed by atoms with van der Waals surface area (Å²) in [7, 11) is 4.69. The number of urea groups is 1. The van der Waals surface area contributed by atoms with Crippen LogP contribution in [0.5, 0.6) is 0 Å². The van der Waals surface area contributed by atoms with Gasteiger partial charge in [-0.25, -0.2) is 18.9 Å². The summed E-state index contributed by atoms with van der Waals surface area (Å²) in [4.78, 5) is 35.6. The van der Waals surface area contributed by atoms with Crippen molar-refractivity contribution in [3.63, 3.8) is 0 Å². The van der Waals surface area contributed by atoms with Crippen LogP contribution in [0.2, 0.25) is 5.02 Å². The van der Waals surface area contributed by atoms with Gasteiger partial charge >= 0.3 is 12.1 Å². The van der Waals surface area contributed by atoms with Crippen molar-refractivity contribution in [3.8, 4) is 0 Å². The third kappa shape index (κ3) is 6.88. The smallest absolute Gasteiger partial charge is 0.352 e. The van der Waals surface area contributed by atoms with Gasteiger partial charge < -0.3 is 4.84 Å². The summed E-state index contributed by atoms with van der Waals surface area (Å²) >= 11 is 10.4. The van der Waals surface area contributed by atoms with Crippen LogP contribution in [-0.2, 0) is 4.84 Å². The number of hydroxylamine groups is 1. The standard InChI is InChI=1S/C18H26ClN5O3S3/c1-12-9-13(19)7-8-14(12)20-10-22(4)16(25)23(5)30-24(6)17(26)27-21-15-18(2,3)29-11-28-15/h7-10,15,21H,11H2,1-6H3. The number of thioether (sulfide) groups is 2. The molecule has 0 bridgehead atoms. The first-order valence-electron chi connectivity index (χ1n) is 8.96. The molecule has 0 aliphatic carbocycles. The van der Waals surface area contributed by atoms with E-state index in [1.165, 1.54) is 26.9 Å². The molecule has 8 nitrogen and oxygen atoms in total. The van der Waals surface area contributed by atoms with Gasteiger partial charge in [-0.3, -0.25) is 9.21 Å². The number of benzene rings is 1. The molecule has 1 unspecified atom stereocenters. The van der Waals surface area contributed by atoms with E-state index in [1.54, 1.807) is 55.8 Å². The SMILES string of the molecule is Cc1cc(Cl)ccc1N=CN(C)C(=O)N(C)SN(C)C(=O)ONC1SCSC1(C)C. The molecule has 0 spiro atoms. The Morgan fingerprint density at radius 3 is 2.63 bits per heavy atom. The van der Waals surface area contributed by atoms with Gasteiger partial charge in [0.1, 0.15) is 5.37 Å². The average molecular weight is 492 g/mol. The molecule has 1 N–H and O–H groups in total. The zero-order chi connectivity index (χ0) is 22.5. The summed E-state index contributed by atoms with van der Waals surface area (Å²) in [6.45, 7) is 6.08. The Morgan fingerprint density at radius 1 is 1.33 bits per heavy atom. The topological polar surface area (TPSA) is 77.5 Å². The Bertz CT molecular complexity index is 811. The molecule has 1 atom stereocenters. The largest absolute Gasteiger partial charge is 0.439 e. The van der Waals surface area contributed by atoms with E-state index in [1.807, 2.05) is 6.92 Å². The quantitative estimate of drug-likeness (QED) is 0.260. The molecule has 1 heterocycles. The Kier molecular flexibility index (Phi) is 9.04. The van der Waals surface area contributed by atoms with Gasteiger partial charge in [-0.1, -0.05) is 11.6 Å². The molecule has 30 heavy (non-hydrogen) atoms. The van der Waals surface area contributed by atoms with Crippen LogP contribution in [0.4, 0.5) is 15.3 Å². The predicted molar refractivity (Wildman–Crippen MR) is 128 cm³/mol. The third-order valence-corrected chi connectivity index (χ3v) is 8.35. The van der Waals surface area contributed by atoms with Crippen LogP contribution >= 0.6 is 47.3 Å². The number of carbonyl (C=O) groups excluding carboxylic acids is 2. The van der Waals surface area contributed by atoms with E-state index >= 15 is 0 Å². The normalized spacial score (nSPS) is 17.8. The molecule has 1 aromatic rings. The van der Waals surface area contributed by atoms with Gasteiger partial charge in [-0.05, 0) is 44.5 Å². The van der Waals surface area contributed by atoms with Crippen molar-refractivity contribution >= 4 is 71.4 Å². The maximum Gasteiger partial charge on any atom is 0.439 e. The molecule has 1 aliphatic rings. The van der Waals surface area contributed by atoms with Gasteiger partial charge in [0.05, 0.1) is 24.2 Å². The van der Waals surface area contributed by atoms with Crippen molar-refractivity contribution in [1.82, 2.24) is 19.0 Å². The number of halogens is 1. The fourth-order valence-corrected chi connectivity index (χ4v) is 6.36. The molecule has 166 valence electrons. The number of hydrogen-bond acceptors (Lipinski definition) is 8. The fraction of sp³-hybridized carbons (Fsp3) is 0.500. The molecule has 0 radical (unpaired) electrons. The zero-order valence-corrected chi connectivity index (χ0v) is 20.9. The summed E-state index contributed by atoms with van der Waals surface area (Å²) in [5.74, 6) is 0. The minimum Gasteiger partial charge on any atom is -0.352 e. The molecule has 1 saturated heterocycles. The second kappa shape index (κ2) is 10.9. The minimum atomic E-state index is -0.596. The van der Waals surface area contributed by atoms with E-state index < -0.39 is 6.09 Å². The van der Waals surface area contributed by atoms with Crippen LogP contribution < -0.4 is 5.48 Å². The number of aryl methyl sites for hydroxylation is 1. The van der Waals surface area contributed by atoms with E-state index in [0.29, 0.717) is 10.7 Å². The molecule has 2 rings (SSSR count). The molecule has 0 saturated carbocycles. The molecule has 12 heteroatoms. The molecule has 1 aliphatic heterocycles. The lowest BCUT2D eigenvalue weighted by Crippen LogP contribution is -2.42. The number of nitrogens with one attached hydrogen (secondary N) is 1. The second-order valence-electron chi connectivity index (χ2n) is 7.04. The van der Waals surface area contributed by atoms with Crippen LogP contribution in [0.3, 0.4) is 0 Å². The van der Waals surface area contributed by atoms with Crippen LogP contribution in [-0.4, -0.2) is 68.3 Å². The van der Waals surface area contributed by atoms with Gasteiger partial charge in [-0.2, -0.15) is 0 Å². The van der Waals surface area contributed by atoms with Crippen molar-refractivity contribution in [1.29, 1.82) is 0 Å². The lowest BCUT2D eigenvalue weighted by atomic mass is 10.2. The number of nitrogens with zero attached hydrogens (tertiary/aromatic N) is 4. The highest BCUT2D eigenvalue weighted by atomic mass is 35.5. The molecular formula is C18H26ClN5O3S3. The summed E-state index contributed by atoms with van der Waals surface area (Å²) in [6, 6.07) is 4.97. The molecule has 1 aromatic carbocycles. The summed E-state index contributed by atoms with van der Waals surface area (Å²) < 4.78 is 2.51. The maximum absolute atomic E-state index is 12.5. The van der Waals surface area contributed by atoms with Crippen LogP contribution in [0.1, 0.15) is 19.4 Å². The number of aliphatic imine (C=N–C) groups is 1. The first kappa shape index (κ1) is 25.0. The Balaban J connectivity index is 1.84. The number of carbonyl (C=O) groups is 2. The summed E-state index contributed by atoms with van der Waals surface area (Å²) in [5.41, 5.74) is 4.44. The number of rotatable bonds is 6. The average Bonchev–Trinajstić information content (AvgIpc) is 3.02. The van der Waals surface area contributed by atoms with Crippen LogP contribution in [0.25, 0.3) is 0 Å². The van der Waals surface area contributed by atoms with E-state index in [4.69, 9.17) is 16.4 Å². The maximum atomic E-state index is 12.5. The molecule has 1 fully saturated rings. The highest BCUT2D eigenvalue weighted by Gasteiger charge is 2.37. The summed E-state index contributed by atoms with van der Waals surface area (Å²) in [6.07, 6.45) is 0.827. The van der Waals surface area contributed by atoms with Gasteiger partial charge in [0.25, 0.3) is 0 Å². The molecular weight excluding hydrogens is 466 g/mol. The predicted octanol–water partition coefficient (Wildman–Crippen LogP) is 4.97. The Labute approximate surface area is 195 Å². The van der Waals surface area contributed by atoms with Crippen molar-refractivity contribution in [2.24, 2.45) is 4.99 Å². The van der Waals surface area contributed by atoms with E-state index in [-0.39, 0.29) is 16.2 Å². The zero-order valence-electron chi connectivity index (χ0n) is 17.7. The lowest BCUT2D eigenvalue weighted by Gasteiger charge is -2.27. The second-order valence-corrected chi connectivity index (χ2v) is 11.8. The van der Waals surface area contributed by atoms with Crippen LogP contribution in [0, 0.1) is 6.92 Å². The highest BCUT2D eigenvalue weighted by molar-refractivity contribution is 8.20. The fourth-order valence-electron chi connectivity index (χ4n) is 2.31. The van der Waals surface area contributed by atoms with E-state index in [9.17, 15) is 9.59 Å². The van der Waals surface area contributed by atoms with Crippen molar-refractivity contribution in [2.75, 3.05) is 26.2 Å². The third-order valence-electron chi connectivity index (χ3n) is 4.15. The minimum absolute atomic E-state index is 0.00267. The van der Waals surface area contributed by atoms with Crippen molar-refractivity contribution in [2.45, 2.75) is 30.9 Å². The first-order valence-corrected chi connectivity index (χ1v) is 12.1. The van der Waals surface area contributed by atoms with Gasteiger partial charge in [-0.15, -0.1) is 29.0 Å². The number of hydrogen-bond donors (Lipinski definition) is 1. The van der Waals surface area contributed by atoms with E-state index in [2.05, 4.69) is 24.3 Å². The monoisotopic (exact) mass is 491 g/mol. The first-order chi connectivity index (χ1) is 14.0.